The topological polar surface area (TPSA) is 93.5 Å². The van der Waals surface area contributed by atoms with Gasteiger partial charge < -0.3 is 10.2 Å². The number of piperidine rings is 1. The number of nitrogens with zero attached hydrogens (tertiary/aromatic N) is 3. The van der Waals surface area contributed by atoms with E-state index in [1.165, 1.54) is 11.1 Å². The average molecular weight is 336 g/mol. The summed E-state index contributed by atoms with van der Waals surface area (Å²) in [7, 11) is 0. The van der Waals surface area contributed by atoms with Crippen LogP contribution in [0.4, 0.5) is 4.79 Å². The highest BCUT2D eigenvalue weighted by Crippen LogP contribution is 2.18. The molecule has 0 aromatic heterocycles. The van der Waals surface area contributed by atoms with Crippen molar-refractivity contribution in [2.45, 2.75) is 19.8 Å². The van der Waals surface area contributed by atoms with Gasteiger partial charge in [-0.25, -0.2) is 0 Å². The molecular weight excluding hydrogens is 316 g/mol. The molecule has 0 bridgehead atoms. The number of nitriles is 1. The second-order valence-electron chi connectivity index (χ2n) is 5.70. The number of rotatable bonds is 5. The smallest absolute Gasteiger partial charge is 0.288 e. The van der Waals surface area contributed by atoms with E-state index in [0.29, 0.717) is 25.6 Å². The molecule has 8 heteroatoms. The van der Waals surface area contributed by atoms with E-state index in [-0.39, 0.29) is 34.9 Å². The lowest BCUT2D eigenvalue weighted by Crippen LogP contribution is -2.39. The molecule has 0 aromatic rings. The van der Waals surface area contributed by atoms with Gasteiger partial charge in [-0.05, 0) is 18.8 Å². The zero-order valence-electron chi connectivity index (χ0n) is 13.1. The van der Waals surface area contributed by atoms with Crippen molar-refractivity contribution in [3.8, 4) is 6.07 Å². The number of carbonyl (C=O) groups is 3. The summed E-state index contributed by atoms with van der Waals surface area (Å²) in [6.45, 7) is 4.05. The second-order valence-corrected chi connectivity index (χ2v) is 6.63. The van der Waals surface area contributed by atoms with Crippen molar-refractivity contribution >= 4 is 28.8 Å². The minimum absolute atomic E-state index is 0.0491. The number of nitrogens with one attached hydrogen (secondary N) is 1. The minimum Gasteiger partial charge on any atom is -0.388 e. The highest BCUT2D eigenvalue weighted by Gasteiger charge is 2.29. The van der Waals surface area contributed by atoms with Crippen LogP contribution in [-0.2, 0) is 9.59 Å². The van der Waals surface area contributed by atoms with E-state index in [9.17, 15) is 14.4 Å². The minimum atomic E-state index is -0.268. The van der Waals surface area contributed by atoms with Gasteiger partial charge in [0.25, 0.3) is 11.1 Å². The van der Waals surface area contributed by atoms with Crippen LogP contribution in [0.5, 0.6) is 0 Å². The van der Waals surface area contributed by atoms with Gasteiger partial charge in [-0.1, -0.05) is 18.7 Å². The molecule has 0 unspecified atom stereocenters. The summed E-state index contributed by atoms with van der Waals surface area (Å²) in [5, 5.41) is 11.7. The summed E-state index contributed by atoms with van der Waals surface area (Å²) in [4.78, 5) is 38.0. The molecular formula is C15H20N4O3S. The molecule has 0 radical (unpaired) electrons. The predicted molar refractivity (Wildman–Crippen MR) is 86.2 cm³/mol. The molecule has 124 valence electrons. The molecule has 2 saturated heterocycles. The Balaban J connectivity index is 1.82. The molecule has 3 amide bonds. The van der Waals surface area contributed by atoms with Gasteiger partial charge in [-0.2, -0.15) is 5.26 Å². The molecule has 0 saturated carbocycles. The van der Waals surface area contributed by atoms with Crippen LogP contribution in [0.2, 0.25) is 0 Å². The average Bonchev–Trinajstić information content (AvgIpc) is 2.86. The molecule has 0 aromatic carbocycles. The fourth-order valence-corrected chi connectivity index (χ4v) is 3.22. The van der Waals surface area contributed by atoms with Crippen LogP contribution in [0.1, 0.15) is 19.8 Å². The first-order valence-electron chi connectivity index (χ1n) is 7.63. The monoisotopic (exact) mass is 336 g/mol. The van der Waals surface area contributed by atoms with Gasteiger partial charge >= 0.3 is 0 Å². The molecule has 0 atom stereocenters. The van der Waals surface area contributed by atoms with Crippen LogP contribution >= 0.6 is 11.8 Å². The van der Waals surface area contributed by atoms with Crippen LogP contribution in [0.15, 0.2) is 11.8 Å². The lowest BCUT2D eigenvalue weighted by molar-refractivity contribution is -0.128. The maximum Gasteiger partial charge on any atom is 0.288 e. The van der Waals surface area contributed by atoms with Gasteiger partial charge in [0, 0.05) is 32.4 Å². The third-order valence-corrected chi connectivity index (χ3v) is 4.85. The first kappa shape index (κ1) is 17.3. The first-order chi connectivity index (χ1) is 11.0. The molecule has 2 aliphatic rings. The van der Waals surface area contributed by atoms with Crippen molar-refractivity contribution in [2.75, 3.05) is 31.9 Å². The lowest BCUT2D eigenvalue weighted by Gasteiger charge is -2.30. The number of hydrogen-bond donors (Lipinski definition) is 1. The Morgan fingerprint density at radius 3 is 2.70 bits per heavy atom. The molecule has 0 aliphatic carbocycles. The van der Waals surface area contributed by atoms with E-state index < -0.39 is 0 Å². The van der Waals surface area contributed by atoms with E-state index in [2.05, 4.69) is 12.2 Å². The number of carbonyl (C=O) groups excluding carboxylic acids is 3. The molecule has 2 rings (SSSR count). The molecule has 2 fully saturated rings. The summed E-state index contributed by atoms with van der Waals surface area (Å²) >= 11 is 0.987. The van der Waals surface area contributed by atoms with E-state index in [1.807, 2.05) is 6.07 Å². The summed E-state index contributed by atoms with van der Waals surface area (Å²) in [6.07, 6.45) is 3.28. The second kappa shape index (κ2) is 8.02. The largest absolute Gasteiger partial charge is 0.388 e. The maximum absolute atomic E-state index is 12.3. The number of imide groups is 1. The Bertz CT molecular complexity index is 546. The Labute approximate surface area is 139 Å². The van der Waals surface area contributed by atoms with Gasteiger partial charge in [-0.15, -0.1) is 0 Å². The van der Waals surface area contributed by atoms with Crippen LogP contribution in [0.3, 0.4) is 0 Å². The van der Waals surface area contributed by atoms with Crippen LogP contribution in [0.25, 0.3) is 0 Å². The van der Waals surface area contributed by atoms with E-state index in [4.69, 9.17) is 5.26 Å². The normalized spacial score (nSPS) is 19.9. The molecule has 0 spiro atoms. The standard InChI is InChI=1S/C15H20N4O3S/c1-11-2-5-18(6-3-11)14(21)12(8-16)9-17-4-7-19-13(20)10-23-15(19)22/h9,11,17H,2-7,10H2,1H3/b12-9-. The summed E-state index contributed by atoms with van der Waals surface area (Å²) < 4.78 is 0. The van der Waals surface area contributed by atoms with Crippen LogP contribution in [0, 0.1) is 17.2 Å². The summed E-state index contributed by atoms with van der Waals surface area (Å²) in [5.74, 6) is 0.324. The Kier molecular flexibility index (Phi) is 6.04. The maximum atomic E-state index is 12.3. The molecule has 2 heterocycles. The van der Waals surface area contributed by atoms with Crippen molar-refractivity contribution in [2.24, 2.45) is 5.92 Å². The molecule has 2 aliphatic heterocycles. The van der Waals surface area contributed by atoms with Gasteiger partial charge in [0.05, 0.1) is 5.75 Å². The van der Waals surface area contributed by atoms with Crippen molar-refractivity contribution in [1.29, 1.82) is 5.26 Å². The summed E-state index contributed by atoms with van der Waals surface area (Å²) in [5.41, 5.74) is 0.0491. The number of thioether (sulfide) groups is 1. The van der Waals surface area contributed by atoms with Gasteiger partial charge in [0.1, 0.15) is 11.6 Å². The van der Waals surface area contributed by atoms with Crippen molar-refractivity contribution in [3.05, 3.63) is 11.8 Å². The SMILES string of the molecule is CC1CCN(C(=O)/C(C#N)=C\NCCN2C(=O)CSC2=O)CC1. The molecule has 1 N–H and O–H groups in total. The fraction of sp³-hybridized carbons (Fsp3) is 0.600. The third kappa shape index (κ3) is 4.48. The van der Waals surface area contributed by atoms with E-state index in [1.54, 1.807) is 4.90 Å². The van der Waals surface area contributed by atoms with Crippen LogP contribution < -0.4 is 5.32 Å². The zero-order valence-corrected chi connectivity index (χ0v) is 13.9. The van der Waals surface area contributed by atoms with Crippen LogP contribution in [-0.4, -0.2) is 58.8 Å². The Hall–Kier alpha value is -2.01. The fourth-order valence-electron chi connectivity index (χ4n) is 2.47. The highest BCUT2D eigenvalue weighted by atomic mass is 32.2. The van der Waals surface area contributed by atoms with Gasteiger partial charge in [0.2, 0.25) is 5.91 Å². The molecule has 23 heavy (non-hydrogen) atoms. The third-order valence-electron chi connectivity index (χ3n) is 3.99. The first-order valence-corrected chi connectivity index (χ1v) is 8.61. The Morgan fingerprint density at radius 1 is 1.43 bits per heavy atom. The number of hydrogen-bond acceptors (Lipinski definition) is 6. The quantitative estimate of drug-likeness (QED) is 0.456. The Morgan fingerprint density at radius 2 is 2.13 bits per heavy atom. The number of amides is 3. The zero-order chi connectivity index (χ0) is 16.8. The van der Waals surface area contributed by atoms with E-state index in [0.717, 1.165) is 24.6 Å². The van der Waals surface area contributed by atoms with Crippen molar-refractivity contribution in [1.82, 2.24) is 15.1 Å². The highest BCUT2D eigenvalue weighted by molar-refractivity contribution is 8.14. The lowest BCUT2D eigenvalue weighted by atomic mass is 9.99. The van der Waals surface area contributed by atoms with E-state index >= 15 is 0 Å². The van der Waals surface area contributed by atoms with Crippen molar-refractivity contribution in [3.63, 3.8) is 0 Å². The predicted octanol–water partition coefficient (Wildman–Crippen LogP) is 0.937. The van der Waals surface area contributed by atoms with Crippen molar-refractivity contribution < 1.29 is 14.4 Å². The number of likely N-dealkylation sites (tertiary alicyclic amines) is 1. The summed E-state index contributed by atoms with van der Waals surface area (Å²) in [6, 6.07) is 1.91. The van der Waals surface area contributed by atoms with Gasteiger partial charge in [-0.3, -0.25) is 19.3 Å². The van der Waals surface area contributed by atoms with Gasteiger partial charge in [0.15, 0.2) is 0 Å². The molecule has 7 nitrogen and oxygen atoms in total.